The van der Waals surface area contributed by atoms with Gasteiger partial charge in [0.25, 0.3) is 0 Å². The number of nitrogens with one attached hydrogen (secondary N) is 1. The summed E-state index contributed by atoms with van der Waals surface area (Å²) in [6.07, 6.45) is 0. The van der Waals surface area contributed by atoms with Crippen molar-refractivity contribution in [2.24, 2.45) is 0 Å². The quantitative estimate of drug-likeness (QED) is 0.837. The van der Waals surface area contributed by atoms with Gasteiger partial charge < -0.3 is 10.4 Å². The lowest BCUT2D eigenvalue weighted by Crippen LogP contribution is -2.51. The maximum absolute atomic E-state index is 11.1. The highest BCUT2D eigenvalue weighted by molar-refractivity contribution is 6.31. The van der Waals surface area contributed by atoms with Crippen molar-refractivity contribution < 1.29 is 9.90 Å². The van der Waals surface area contributed by atoms with E-state index in [-0.39, 0.29) is 6.54 Å². The smallest absolute Gasteiger partial charge is 0.325 e. The van der Waals surface area contributed by atoms with Crippen molar-refractivity contribution in [3.8, 4) is 0 Å². The van der Waals surface area contributed by atoms with E-state index in [0.29, 0.717) is 10.7 Å². The molecule has 1 heterocycles. The third-order valence-electron chi connectivity index (χ3n) is 2.78. The Bertz CT molecular complexity index is 416. The van der Waals surface area contributed by atoms with Gasteiger partial charge in [-0.15, -0.1) is 0 Å². The first-order valence-corrected chi connectivity index (χ1v) is 5.31. The molecule has 1 rings (SSSR count). The molecule has 0 spiro atoms. The van der Waals surface area contributed by atoms with Gasteiger partial charge in [0, 0.05) is 0 Å². The van der Waals surface area contributed by atoms with Crippen LogP contribution in [0, 0.1) is 13.8 Å². The summed E-state index contributed by atoms with van der Waals surface area (Å²) in [6.45, 7) is 5.46. The third kappa shape index (κ3) is 2.20. The van der Waals surface area contributed by atoms with Crippen LogP contribution in [0.15, 0.2) is 0 Å². The SMILES string of the molecule is CNC(C)(Cn1nc(C)c(Cl)c1C)C(=O)O. The Kier molecular flexibility index (Phi) is 3.60. The predicted molar refractivity (Wildman–Crippen MR) is 61.8 cm³/mol. The first kappa shape index (κ1) is 13.0. The van der Waals surface area contributed by atoms with Gasteiger partial charge in [-0.05, 0) is 27.8 Å². The average Bonchev–Trinajstić information content (AvgIpc) is 2.46. The maximum Gasteiger partial charge on any atom is 0.325 e. The average molecular weight is 246 g/mol. The number of aliphatic carboxylic acids is 1. The van der Waals surface area contributed by atoms with Crippen molar-refractivity contribution in [1.82, 2.24) is 15.1 Å². The van der Waals surface area contributed by atoms with E-state index in [4.69, 9.17) is 16.7 Å². The standard InChI is InChI=1S/C10H16ClN3O2/c1-6-8(11)7(2)14(13-6)5-10(3,12-4)9(15)16/h12H,5H2,1-4H3,(H,15,16). The number of carboxylic acid groups (broad SMARTS) is 1. The minimum atomic E-state index is -1.05. The topological polar surface area (TPSA) is 67.2 Å². The van der Waals surface area contributed by atoms with Crippen LogP contribution in [0.3, 0.4) is 0 Å². The van der Waals surface area contributed by atoms with E-state index in [9.17, 15) is 4.79 Å². The van der Waals surface area contributed by atoms with Gasteiger partial charge in [-0.1, -0.05) is 11.6 Å². The highest BCUT2D eigenvalue weighted by atomic mass is 35.5. The predicted octanol–water partition coefficient (Wildman–Crippen LogP) is 1.22. The lowest BCUT2D eigenvalue weighted by Gasteiger charge is -2.24. The van der Waals surface area contributed by atoms with Gasteiger partial charge in [-0.25, -0.2) is 0 Å². The van der Waals surface area contributed by atoms with Gasteiger partial charge >= 0.3 is 5.97 Å². The van der Waals surface area contributed by atoms with E-state index < -0.39 is 11.5 Å². The molecule has 1 aromatic rings. The summed E-state index contributed by atoms with van der Waals surface area (Å²) in [5, 5.41) is 16.7. The molecule has 0 saturated heterocycles. The number of aromatic nitrogens is 2. The van der Waals surface area contributed by atoms with Crippen LogP contribution >= 0.6 is 11.6 Å². The molecule has 0 bridgehead atoms. The van der Waals surface area contributed by atoms with Gasteiger partial charge in [-0.3, -0.25) is 9.48 Å². The van der Waals surface area contributed by atoms with Crippen molar-refractivity contribution >= 4 is 17.6 Å². The number of hydrogen-bond donors (Lipinski definition) is 2. The summed E-state index contributed by atoms with van der Waals surface area (Å²) in [5.41, 5.74) is 0.442. The van der Waals surface area contributed by atoms with Crippen LogP contribution in [0.1, 0.15) is 18.3 Å². The molecule has 0 aliphatic carbocycles. The van der Waals surface area contributed by atoms with Crippen molar-refractivity contribution in [2.45, 2.75) is 32.9 Å². The van der Waals surface area contributed by atoms with Gasteiger partial charge in [0.2, 0.25) is 0 Å². The Morgan fingerprint density at radius 2 is 2.19 bits per heavy atom. The molecular weight excluding hydrogens is 230 g/mol. The second kappa shape index (κ2) is 4.43. The summed E-state index contributed by atoms with van der Waals surface area (Å²) < 4.78 is 1.61. The van der Waals surface area contributed by atoms with Crippen LogP contribution in [-0.4, -0.2) is 33.4 Å². The van der Waals surface area contributed by atoms with Crippen LogP contribution in [0.5, 0.6) is 0 Å². The lowest BCUT2D eigenvalue weighted by molar-refractivity contribution is -0.144. The molecule has 0 fully saturated rings. The highest BCUT2D eigenvalue weighted by Gasteiger charge is 2.32. The van der Waals surface area contributed by atoms with E-state index in [1.807, 2.05) is 6.92 Å². The van der Waals surface area contributed by atoms with E-state index in [2.05, 4.69) is 10.4 Å². The molecule has 0 aromatic carbocycles. The van der Waals surface area contributed by atoms with Crippen LogP contribution in [0.2, 0.25) is 5.02 Å². The van der Waals surface area contributed by atoms with Crippen molar-refractivity contribution in [1.29, 1.82) is 0 Å². The molecule has 2 N–H and O–H groups in total. The molecule has 0 radical (unpaired) electrons. The first-order chi connectivity index (χ1) is 7.31. The van der Waals surface area contributed by atoms with Crippen molar-refractivity contribution in [2.75, 3.05) is 7.05 Å². The zero-order valence-corrected chi connectivity index (χ0v) is 10.6. The Labute approximate surface area is 99.4 Å². The highest BCUT2D eigenvalue weighted by Crippen LogP contribution is 2.20. The van der Waals surface area contributed by atoms with Gasteiger partial charge in [0.15, 0.2) is 0 Å². The van der Waals surface area contributed by atoms with Gasteiger partial charge in [0.1, 0.15) is 5.54 Å². The van der Waals surface area contributed by atoms with Crippen molar-refractivity contribution in [3.63, 3.8) is 0 Å². The summed E-state index contributed by atoms with van der Waals surface area (Å²) in [7, 11) is 1.61. The number of rotatable bonds is 4. The normalized spacial score (nSPS) is 14.8. The molecule has 0 aliphatic rings. The summed E-state index contributed by atoms with van der Waals surface area (Å²) in [6, 6.07) is 0. The van der Waals surface area contributed by atoms with Gasteiger partial charge in [-0.2, -0.15) is 5.10 Å². The second-order valence-corrected chi connectivity index (χ2v) is 4.41. The third-order valence-corrected chi connectivity index (χ3v) is 3.33. The van der Waals surface area contributed by atoms with Crippen LogP contribution in [0.25, 0.3) is 0 Å². The minimum absolute atomic E-state index is 0.234. The molecule has 0 amide bonds. The fourth-order valence-electron chi connectivity index (χ4n) is 1.38. The second-order valence-electron chi connectivity index (χ2n) is 4.03. The fraction of sp³-hybridized carbons (Fsp3) is 0.600. The molecule has 1 unspecified atom stereocenters. The number of halogens is 1. The van der Waals surface area contributed by atoms with Crippen molar-refractivity contribution in [3.05, 3.63) is 16.4 Å². The minimum Gasteiger partial charge on any atom is -0.480 e. The number of hydrogen-bond acceptors (Lipinski definition) is 3. The Morgan fingerprint density at radius 3 is 2.50 bits per heavy atom. The van der Waals surface area contributed by atoms with Gasteiger partial charge in [0.05, 0.1) is 23.0 Å². The number of nitrogens with zero attached hydrogens (tertiary/aromatic N) is 2. The Balaban J connectivity index is 3.04. The summed E-state index contributed by atoms with van der Waals surface area (Å²) in [4.78, 5) is 11.1. The molecule has 90 valence electrons. The first-order valence-electron chi connectivity index (χ1n) is 4.93. The lowest BCUT2D eigenvalue weighted by atomic mass is 10.0. The monoisotopic (exact) mass is 245 g/mol. The van der Waals surface area contributed by atoms with E-state index in [0.717, 1.165) is 5.69 Å². The maximum atomic E-state index is 11.1. The number of carbonyl (C=O) groups is 1. The zero-order chi connectivity index (χ0) is 12.5. The number of likely N-dealkylation sites (N-methyl/N-ethyl adjacent to an activating group) is 1. The molecule has 1 aromatic heterocycles. The molecule has 5 nitrogen and oxygen atoms in total. The van der Waals surface area contributed by atoms with Crippen LogP contribution in [0.4, 0.5) is 0 Å². The van der Waals surface area contributed by atoms with E-state index in [1.54, 1.807) is 25.6 Å². The fourth-order valence-corrected chi connectivity index (χ4v) is 1.52. The zero-order valence-electron chi connectivity index (χ0n) is 9.83. The Morgan fingerprint density at radius 1 is 1.62 bits per heavy atom. The molecule has 1 atom stereocenters. The molecule has 0 aliphatic heterocycles. The molecule has 0 saturated carbocycles. The Hall–Kier alpha value is -1.07. The summed E-state index contributed by atoms with van der Waals surface area (Å²) >= 11 is 6.00. The van der Waals surface area contributed by atoms with Crippen LogP contribution < -0.4 is 5.32 Å². The molecular formula is C10H16ClN3O2. The number of carboxylic acids is 1. The van der Waals surface area contributed by atoms with E-state index in [1.165, 1.54) is 0 Å². The van der Waals surface area contributed by atoms with Crippen LogP contribution in [-0.2, 0) is 11.3 Å². The molecule has 16 heavy (non-hydrogen) atoms. The molecule has 6 heteroatoms. The van der Waals surface area contributed by atoms with E-state index >= 15 is 0 Å². The summed E-state index contributed by atoms with van der Waals surface area (Å²) in [5.74, 6) is -0.918. The largest absolute Gasteiger partial charge is 0.480 e. The number of aryl methyl sites for hydroxylation is 1.